The molecule has 2 N–H and O–H groups in total. The van der Waals surface area contributed by atoms with Crippen molar-refractivity contribution in [2.24, 2.45) is 0 Å². The summed E-state index contributed by atoms with van der Waals surface area (Å²) in [5, 5.41) is 2.73. The summed E-state index contributed by atoms with van der Waals surface area (Å²) in [5.74, 6) is 1.29. The first-order valence-electron chi connectivity index (χ1n) is 6.10. The van der Waals surface area contributed by atoms with Crippen LogP contribution in [0.1, 0.15) is 17.0 Å². The quantitative estimate of drug-likeness (QED) is 0.859. The molecule has 0 radical (unpaired) electrons. The Bertz CT molecular complexity index is 550. The summed E-state index contributed by atoms with van der Waals surface area (Å²) in [5.41, 5.74) is 2.20. The minimum atomic E-state index is -0.170. The smallest absolute Gasteiger partial charge is 0.258 e. The van der Waals surface area contributed by atoms with Crippen LogP contribution in [0.15, 0.2) is 30.6 Å². The normalized spacial score (nSPS) is 10.2. The van der Waals surface area contributed by atoms with E-state index in [2.05, 4.69) is 15.3 Å². The number of nitrogens with one attached hydrogen (secondary N) is 2. The number of ether oxygens (including phenoxy) is 1. The van der Waals surface area contributed by atoms with Gasteiger partial charge in [0, 0.05) is 12.4 Å². The van der Waals surface area contributed by atoms with Crippen molar-refractivity contribution in [3.63, 3.8) is 0 Å². The van der Waals surface area contributed by atoms with E-state index in [0.29, 0.717) is 6.54 Å². The highest BCUT2D eigenvalue weighted by Crippen LogP contribution is 2.18. The Balaban J connectivity index is 1.80. The maximum Gasteiger partial charge on any atom is 0.258 e. The van der Waals surface area contributed by atoms with Gasteiger partial charge in [-0.2, -0.15) is 0 Å². The molecule has 100 valence electrons. The Hall–Kier alpha value is -2.30. The van der Waals surface area contributed by atoms with Gasteiger partial charge in [-0.1, -0.05) is 17.7 Å². The molecule has 19 heavy (non-hydrogen) atoms. The molecule has 0 unspecified atom stereocenters. The van der Waals surface area contributed by atoms with Gasteiger partial charge in [0.1, 0.15) is 11.6 Å². The van der Waals surface area contributed by atoms with E-state index in [4.69, 9.17) is 4.74 Å². The zero-order chi connectivity index (χ0) is 13.7. The number of benzene rings is 1. The molecule has 5 heteroatoms. The van der Waals surface area contributed by atoms with Crippen LogP contribution >= 0.6 is 0 Å². The molecular formula is C14H17N3O2. The molecule has 2 rings (SSSR count). The van der Waals surface area contributed by atoms with Gasteiger partial charge in [-0.15, -0.1) is 0 Å². The number of carbonyl (C=O) groups is 1. The third-order valence-corrected chi connectivity index (χ3v) is 2.70. The molecule has 2 aromatic rings. The average Bonchev–Trinajstić information content (AvgIpc) is 2.88. The molecule has 0 saturated heterocycles. The molecule has 1 aromatic heterocycles. The van der Waals surface area contributed by atoms with Crippen LogP contribution in [0.25, 0.3) is 0 Å². The van der Waals surface area contributed by atoms with Gasteiger partial charge in [0.15, 0.2) is 6.61 Å². The van der Waals surface area contributed by atoms with Crippen molar-refractivity contribution in [1.29, 1.82) is 0 Å². The van der Waals surface area contributed by atoms with Crippen LogP contribution in [0.4, 0.5) is 0 Å². The highest BCUT2D eigenvalue weighted by molar-refractivity contribution is 5.77. The number of carbonyl (C=O) groups excluding carboxylic acids is 1. The third kappa shape index (κ3) is 3.84. The third-order valence-electron chi connectivity index (χ3n) is 2.70. The molecule has 1 aromatic carbocycles. The van der Waals surface area contributed by atoms with Gasteiger partial charge in [0.05, 0.1) is 6.54 Å². The second kappa shape index (κ2) is 6.04. The lowest BCUT2D eigenvalue weighted by molar-refractivity contribution is -0.123. The molecule has 0 spiro atoms. The largest absolute Gasteiger partial charge is 0.484 e. The molecule has 0 atom stereocenters. The van der Waals surface area contributed by atoms with Crippen LogP contribution in [-0.2, 0) is 11.3 Å². The molecular weight excluding hydrogens is 242 g/mol. The number of amides is 1. The fraction of sp³-hybridized carbons (Fsp3) is 0.286. The van der Waals surface area contributed by atoms with Crippen molar-refractivity contribution in [3.05, 3.63) is 47.5 Å². The van der Waals surface area contributed by atoms with E-state index in [-0.39, 0.29) is 12.5 Å². The number of hydrogen-bond acceptors (Lipinski definition) is 3. The predicted octanol–water partition coefficient (Wildman–Crippen LogP) is 1.72. The molecule has 1 heterocycles. The SMILES string of the molecule is Cc1ccc(OCC(=O)NCc2ncc[nH]2)c(C)c1. The number of hydrogen-bond donors (Lipinski definition) is 2. The van der Waals surface area contributed by atoms with E-state index in [1.807, 2.05) is 32.0 Å². The molecule has 0 aliphatic heterocycles. The van der Waals surface area contributed by atoms with Crippen molar-refractivity contribution >= 4 is 5.91 Å². The van der Waals surface area contributed by atoms with Gasteiger partial charge in [-0.3, -0.25) is 4.79 Å². The van der Waals surface area contributed by atoms with Crippen LogP contribution in [0.3, 0.4) is 0 Å². The van der Waals surface area contributed by atoms with Crippen molar-refractivity contribution in [2.75, 3.05) is 6.61 Å². The first-order chi connectivity index (χ1) is 9.15. The zero-order valence-electron chi connectivity index (χ0n) is 11.1. The molecule has 0 saturated carbocycles. The van der Waals surface area contributed by atoms with E-state index < -0.39 is 0 Å². The maximum atomic E-state index is 11.6. The first kappa shape index (κ1) is 13.1. The van der Waals surface area contributed by atoms with Gasteiger partial charge in [0.2, 0.25) is 0 Å². The number of nitrogens with zero attached hydrogens (tertiary/aromatic N) is 1. The molecule has 0 aliphatic rings. The molecule has 0 fully saturated rings. The summed E-state index contributed by atoms with van der Waals surface area (Å²) in [6.07, 6.45) is 3.36. The molecule has 5 nitrogen and oxygen atoms in total. The van der Waals surface area contributed by atoms with Crippen molar-refractivity contribution in [1.82, 2.24) is 15.3 Å². The van der Waals surface area contributed by atoms with Crippen LogP contribution < -0.4 is 10.1 Å². The second-order valence-electron chi connectivity index (χ2n) is 4.37. The molecule has 0 aliphatic carbocycles. The van der Waals surface area contributed by atoms with Gasteiger partial charge in [-0.25, -0.2) is 4.98 Å². The van der Waals surface area contributed by atoms with Gasteiger partial charge in [-0.05, 0) is 25.5 Å². The van der Waals surface area contributed by atoms with Crippen molar-refractivity contribution < 1.29 is 9.53 Å². The van der Waals surface area contributed by atoms with Gasteiger partial charge in [0.25, 0.3) is 5.91 Å². The highest BCUT2D eigenvalue weighted by atomic mass is 16.5. The topological polar surface area (TPSA) is 67.0 Å². The lowest BCUT2D eigenvalue weighted by Gasteiger charge is -2.09. The summed E-state index contributed by atoms with van der Waals surface area (Å²) in [7, 11) is 0. The number of aromatic nitrogens is 2. The lowest BCUT2D eigenvalue weighted by atomic mass is 10.1. The van der Waals surface area contributed by atoms with Crippen LogP contribution in [-0.4, -0.2) is 22.5 Å². The Morgan fingerprint density at radius 3 is 2.95 bits per heavy atom. The number of rotatable bonds is 5. The maximum absolute atomic E-state index is 11.6. The van der Waals surface area contributed by atoms with E-state index >= 15 is 0 Å². The zero-order valence-corrected chi connectivity index (χ0v) is 11.1. The second-order valence-corrected chi connectivity index (χ2v) is 4.37. The van der Waals surface area contributed by atoms with Gasteiger partial charge >= 0.3 is 0 Å². The van der Waals surface area contributed by atoms with E-state index in [1.165, 1.54) is 5.56 Å². The Morgan fingerprint density at radius 1 is 1.42 bits per heavy atom. The Labute approximate surface area is 112 Å². The minimum absolute atomic E-state index is 0.00457. The van der Waals surface area contributed by atoms with Crippen molar-refractivity contribution in [2.45, 2.75) is 20.4 Å². The summed E-state index contributed by atoms with van der Waals surface area (Å²) in [6.45, 7) is 4.36. The fourth-order valence-electron chi connectivity index (χ4n) is 1.73. The first-order valence-corrected chi connectivity index (χ1v) is 6.10. The standard InChI is InChI=1S/C14H17N3O2/c1-10-3-4-12(11(2)7-10)19-9-14(18)17-8-13-15-5-6-16-13/h3-7H,8-9H2,1-2H3,(H,15,16)(H,17,18). The average molecular weight is 259 g/mol. The summed E-state index contributed by atoms with van der Waals surface area (Å²) in [6, 6.07) is 5.86. The predicted molar refractivity (Wildman–Crippen MR) is 71.8 cm³/mol. The number of aryl methyl sites for hydroxylation is 2. The highest BCUT2D eigenvalue weighted by Gasteiger charge is 2.05. The van der Waals surface area contributed by atoms with Crippen molar-refractivity contribution in [3.8, 4) is 5.75 Å². The monoisotopic (exact) mass is 259 g/mol. The molecule has 0 bridgehead atoms. The summed E-state index contributed by atoms with van der Waals surface area (Å²) >= 11 is 0. The van der Waals surface area contributed by atoms with E-state index in [0.717, 1.165) is 17.1 Å². The fourth-order valence-corrected chi connectivity index (χ4v) is 1.73. The number of imidazole rings is 1. The number of aromatic amines is 1. The van der Waals surface area contributed by atoms with Gasteiger partial charge < -0.3 is 15.0 Å². The Morgan fingerprint density at radius 2 is 2.26 bits per heavy atom. The molecule has 1 amide bonds. The van der Waals surface area contributed by atoms with Crippen LogP contribution in [0.2, 0.25) is 0 Å². The lowest BCUT2D eigenvalue weighted by Crippen LogP contribution is -2.28. The van der Waals surface area contributed by atoms with E-state index in [9.17, 15) is 4.79 Å². The van der Waals surface area contributed by atoms with Crippen LogP contribution in [0, 0.1) is 13.8 Å². The minimum Gasteiger partial charge on any atom is -0.484 e. The summed E-state index contributed by atoms with van der Waals surface area (Å²) < 4.78 is 5.48. The van der Waals surface area contributed by atoms with Crippen LogP contribution in [0.5, 0.6) is 5.75 Å². The summed E-state index contributed by atoms with van der Waals surface area (Å²) in [4.78, 5) is 18.5. The van der Waals surface area contributed by atoms with E-state index in [1.54, 1.807) is 12.4 Å². The number of H-pyrrole nitrogens is 1. The Kier molecular flexibility index (Phi) is 4.18.